The number of nitrogens with one attached hydrogen (secondary N) is 1. The molecule has 0 spiro atoms. The van der Waals surface area contributed by atoms with Gasteiger partial charge in [-0.1, -0.05) is 51.6 Å². The number of benzene rings is 1. The van der Waals surface area contributed by atoms with Crippen LogP contribution >= 0.6 is 0 Å². The zero-order valence-corrected chi connectivity index (χ0v) is 26.4. The number of carbonyl (C=O) groups excluding carboxylic acids is 1. The number of hydrogen-bond acceptors (Lipinski definition) is 8. The van der Waals surface area contributed by atoms with E-state index in [0.717, 1.165) is 88.4 Å². The van der Waals surface area contributed by atoms with Crippen LogP contribution in [0.4, 0.5) is 11.9 Å². The molecule has 2 saturated heterocycles. The van der Waals surface area contributed by atoms with E-state index in [9.17, 15) is 4.79 Å². The summed E-state index contributed by atoms with van der Waals surface area (Å²) in [4.78, 5) is 28.9. The van der Waals surface area contributed by atoms with Crippen LogP contribution in [0.25, 0.3) is 5.65 Å². The van der Waals surface area contributed by atoms with Crippen molar-refractivity contribution in [1.29, 1.82) is 0 Å². The second kappa shape index (κ2) is 15.5. The van der Waals surface area contributed by atoms with Gasteiger partial charge in [0, 0.05) is 56.9 Å². The van der Waals surface area contributed by atoms with Crippen LogP contribution in [0.15, 0.2) is 42.6 Å². The van der Waals surface area contributed by atoms with Gasteiger partial charge in [-0.25, -0.2) is 0 Å². The molecule has 240 valence electrons. The molecule has 2 aliphatic rings. The Morgan fingerprint density at radius 2 is 1.86 bits per heavy atom. The van der Waals surface area contributed by atoms with Gasteiger partial charge in [0.25, 0.3) is 0 Å². The predicted molar refractivity (Wildman–Crippen MR) is 180 cm³/mol. The summed E-state index contributed by atoms with van der Waals surface area (Å²) in [5.41, 5.74) is 10.7. The summed E-state index contributed by atoms with van der Waals surface area (Å²) in [5.74, 6) is 2.48. The number of fused-ring (bicyclic) bond motifs is 1. The molecule has 2 fully saturated rings. The van der Waals surface area contributed by atoms with E-state index in [-0.39, 0.29) is 19.4 Å². The van der Waals surface area contributed by atoms with E-state index in [1.54, 1.807) is 6.08 Å². The van der Waals surface area contributed by atoms with Crippen molar-refractivity contribution in [2.75, 3.05) is 57.0 Å². The van der Waals surface area contributed by atoms with Crippen LogP contribution in [-0.2, 0) is 17.8 Å². The largest absolute Gasteiger partial charge is 0.350 e. The van der Waals surface area contributed by atoms with Crippen LogP contribution < -0.4 is 16.0 Å². The standard InChI is InChI=1S/C33H49N9O.CH4/c1-24(2)29-23-36-42-31(29)37-33(41-18-13-28(34)14-19-41)38-32(42)35-22-27-9-5-8-26(21-27)20-25-10-6-16-40(17-12-25)30(43)11-7-15-39(3)4;/h5,7-9,11,21,23-25,28H,6,10,12-20,22,34H2,1-4H3,(H,35,37,38);1H4/b11-7+;. The number of carbonyl (C=O) groups is 1. The van der Waals surface area contributed by atoms with Crippen molar-refractivity contribution in [3.05, 3.63) is 59.3 Å². The van der Waals surface area contributed by atoms with Crippen molar-refractivity contribution in [3.8, 4) is 0 Å². The number of aromatic nitrogens is 4. The molecule has 2 aromatic heterocycles. The van der Waals surface area contributed by atoms with Gasteiger partial charge in [-0.2, -0.15) is 19.6 Å². The number of amides is 1. The van der Waals surface area contributed by atoms with E-state index < -0.39 is 0 Å². The Labute approximate surface area is 263 Å². The molecule has 1 amide bonds. The third-order valence-corrected chi connectivity index (χ3v) is 8.68. The first kappa shape index (κ1) is 33.4. The minimum atomic E-state index is 0. The number of nitrogens with zero attached hydrogens (tertiary/aromatic N) is 7. The normalized spacial score (nSPS) is 18.3. The van der Waals surface area contributed by atoms with Crippen LogP contribution in [0, 0.1) is 5.92 Å². The summed E-state index contributed by atoms with van der Waals surface area (Å²) in [5, 5.41) is 8.22. The maximum Gasteiger partial charge on any atom is 0.246 e. The number of anilines is 2. The fraction of sp³-hybridized carbons (Fsp3) is 0.588. The lowest BCUT2D eigenvalue weighted by molar-refractivity contribution is -0.126. The molecule has 5 rings (SSSR count). The van der Waals surface area contributed by atoms with Crippen molar-refractivity contribution in [2.45, 2.75) is 78.3 Å². The first-order chi connectivity index (χ1) is 20.8. The van der Waals surface area contributed by atoms with Crippen LogP contribution in [0.1, 0.15) is 76.0 Å². The minimum absolute atomic E-state index is 0. The number of rotatable bonds is 10. The Morgan fingerprint density at radius 3 is 2.61 bits per heavy atom. The van der Waals surface area contributed by atoms with E-state index >= 15 is 0 Å². The zero-order valence-electron chi connectivity index (χ0n) is 26.4. The van der Waals surface area contributed by atoms with E-state index in [2.05, 4.69) is 58.3 Å². The Balaban J connectivity index is 0.00000442. The number of likely N-dealkylation sites (N-methyl/N-ethyl adjacent to an activating group) is 1. The summed E-state index contributed by atoms with van der Waals surface area (Å²) in [6.45, 7) is 9.17. The van der Waals surface area contributed by atoms with Gasteiger partial charge in [-0.3, -0.25) is 4.79 Å². The Kier molecular flexibility index (Phi) is 11.7. The second-order valence-corrected chi connectivity index (χ2v) is 12.8. The number of nitrogens with two attached hydrogens (primary N) is 1. The summed E-state index contributed by atoms with van der Waals surface area (Å²) in [6, 6.07) is 9.10. The van der Waals surface area contributed by atoms with Gasteiger partial charge >= 0.3 is 0 Å². The molecule has 1 aromatic carbocycles. The summed E-state index contributed by atoms with van der Waals surface area (Å²) >= 11 is 0. The smallest absolute Gasteiger partial charge is 0.246 e. The van der Waals surface area contributed by atoms with Gasteiger partial charge in [0.15, 0.2) is 5.65 Å². The Hall–Kier alpha value is -3.50. The van der Waals surface area contributed by atoms with Crippen molar-refractivity contribution in [1.82, 2.24) is 29.4 Å². The minimum Gasteiger partial charge on any atom is -0.350 e. The molecule has 0 aliphatic carbocycles. The fourth-order valence-corrected chi connectivity index (χ4v) is 6.09. The van der Waals surface area contributed by atoms with Gasteiger partial charge in [0.1, 0.15) is 0 Å². The summed E-state index contributed by atoms with van der Waals surface area (Å²) in [6.07, 6.45) is 11.8. The molecule has 3 N–H and O–H groups in total. The third-order valence-electron chi connectivity index (χ3n) is 8.68. The highest BCUT2D eigenvalue weighted by Crippen LogP contribution is 2.26. The molecule has 3 aromatic rings. The summed E-state index contributed by atoms with van der Waals surface area (Å²) < 4.78 is 1.84. The highest BCUT2D eigenvalue weighted by Gasteiger charge is 2.23. The summed E-state index contributed by atoms with van der Waals surface area (Å²) in [7, 11) is 4.02. The Bertz CT molecular complexity index is 1390. The van der Waals surface area contributed by atoms with Crippen molar-refractivity contribution >= 4 is 23.5 Å². The molecule has 1 atom stereocenters. The quantitative estimate of drug-likeness (QED) is 0.321. The molecule has 0 saturated carbocycles. The molecule has 0 bridgehead atoms. The van der Waals surface area contributed by atoms with Crippen molar-refractivity contribution in [3.63, 3.8) is 0 Å². The molecule has 44 heavy (non-hydrogen) atoms. The molecule has 2 aliphatic heterocycles. The second-order valence-electron chi connectivity index (χ2n) is 12.8. The van der Waals surface area contributed by atoms with Crippen LogP contribution in [-0.4, -0.2) is 88.2 Å². The highest BCUT2D eigenvalue weighted by atomic mass is 16.2. The van der Waals surface area contributed by atoms with E-state index in [1.165, 1.54) is 11.1 Å². The van der Waals surface area contributed by atoms with Crippen molar-refractivity contribution in [2.24, 2.45) is 11.7 Å². The lowest BCUT2D eigenvalue weighted by Crippen LogP contribution is -2.40. The predicted octanol–water partition coefficient (Wildman–Crippen LogP) is 4.71. The molecule has 10 nitrogen and oxygen atoms in total. The molecule has 1 unspecified atom stereocenters. The third kappa shape index (κ3) is 8.57. The zero-order chi connectivity index (χ0) is 30.3. The molecular formula is C34H53N9O. The maximum absolute atomic E-state index is 12.7. The SMILES string of the molecule is C.CC(C)c1cnn2c(NCc3cccc(CC4CCCN(C(=O)/C=C/CN(C)C)CC4)c3)nc(N3CCC(N)CC3)nc12. The number of hydrogen-bond donors (Lipinski definition) is 2. The molecular weight excluding hydrogens is 550 g/mol. The monoisotopic (exact) mass is 603 g/mol. The number of piperidine rings is 1. The van der Waals surface area contributed by atoms with Crippen LogP contribution in [0.5, 0.6) is 0 Å². The topological polar surface area (TPSA) is 108 Å². The first-order valence-corrected chi connectivity index (χ1v) is 15.9. The molecule has 4 heterocycles. The highest BCUT2D eigenvalue weighted by molar-refractivity contribution is 5.87. The maximum atomic E-state index is 12.7. The van der Waals surface area contributed by atoms with Crippen LogP contribution in [0.2, 0.25) is 0 Å². The van der Waals surface area contributed by atoms with E-state index in [4.69, 9.17) is 15.7 Å². The number of likely N-dealkylation sites (tertiary alicyclic amines) is 1. The van der Waals surface area contributed by atoms with Gasteiger partial charge in [-0.15, -0.1) is 0 Å². The van der Waals surface area contributed by atoms with Gasteiger partial charge in [0.2, 0.25) is 17.8 Å². The molecule has 10 heteroatoms. The average molecular weight is 604 g/mol. The lowest BCUT2D eigenvalue weighted by Gasteiger charge is -2.30. The van der Waals surface area contributed by atoms with Gasteiger partial charge in [-0.05, 0) is 75.6 Å². The van der Waals surface area contributed by atoms with E-state index in [0.29, 0.717) is 24.3 Å². The average Bonchev–Trinajstić information content (AvgIpc) is 3.29. The first-order valence-electron chi connectivity index (χ1n) is 15.9. The van der Waals surface area contributed by atoms with E-state index in [1.807, 2.05) is 35.8 Å². The van der Waals surface area contributed by atoms with Crippen molar-refractivity contribution < 1.29 is 4.79 Å². The molecule has 0 radical (unpaired) electrons. The Morgan fingerprint density at radius 1 is 1.09 bits per heavy atom. The fourth-order valence-electron chi connectivity index (χ4n) is 6.09. The van der Waals surface area contributed by atoms with Crippen LogP contribution in [0.3, 0.4) is 0 Å². The van der Waals surface area contributed by atoms with Gasteiger partial charge < -0.3 is 25.8 Å². The lowest BCUT2D eigenvalue weighted by atomic mass is 9.92. The van der Waals surface area contributed by atoms with Gasteiger partial charge in [0.05, 0.1) is 6.20 Å².